The lowest BCUT2D eigenvalue weighted by molar-refractivity contribution is -0.115. The number of nitrogens with zero attached hydrogens (tertiary/aromatic N) is 2. The second-order valence-electron chi connectivity index (χ2n) is 4.09. The fourth-order valence-corrected chi connectivity index (χ4v) is 1.85. The molecule has 1 heterocycles. The van der Waals surface area contributed by atoms with Gasteiger partial charge in [0, 0.05) is 18.1 Å². The smallest absolute Gasteiger partial charge is 0.238 e. The van der Waals surface area contributed by atoms with Gasteiger partial charge in [0.1, 0.15) is 12.2 Å². The van der Waals surface area contributed by atoms with Crippen LogP contribution in [0, 0.1) is 11.3 Å². The number of carbonyl (C=O) groups is 1. The quantitative estimate of drug-likeness (QED) is 0.907. The van der Waals surface area contributed by atoms with Crippen LogP contribution in [0.3, 0.4) is 0 Å². The predicted molar refractivity (Wildman–Crippen MR) is 75.8 cm³/mol. The summed E-state index contributed by atoms with van der Waals surface area (Å²) < 4.78 is 7.49. The summed E-state index contributed by atoms with van der Waals surface area (Å²) in [6.45, 7) is 2.48. The Morgan fingerprint density at radius 3 is 2.80 bits per heavy atom. The second-order valence-corrected chi connectivity index (χ2v) is 4.09. The van der Waals surface area contributed by atoms with E-state index in [4.69, 9.17) is 10.00 Å². The maximum Gasteiger partial charge on any atom is 0.238 e. The van der Waals surface area contributed by atoms with E-state index in [-0.39, 0.29) is 12.3 Å². The minimum absolute atomic E-state index is 0.161. The number of ether oxygens (including phenoxy) is 1. The van der Waals surface area contributed by atoms with Crippen molar-refractivity contribution >= 4 is 11.6 Å². The van der Waals surface area contributed by atoms with Crippen LogP contribution in [0.4, 0.5) is 5.69 Å². The van der Waals surface area contributed by atoms with E-state index in [2.05, 4.69) is 5.32 Å². The van der Waals surface area contributed by atoms with Gasteiger partial charge in [-0.15, -0.1) is 0 Å². The normalized spacial score (nSPS) is 9.80. The Kier molecular flexibility index (Phi) is 4.40. The Morgan fingerprint density at radius 2 is 2.15 bits per heavy atom. The lowest BCUT2D eigenvalue weighted by atomic mass is 10.2. The number of hydrogen-bond donors (Lipinski definition) is 1. The van der Waals surface area contributed by atoms with E-state index in [1.807, 2.05) is 48.2 Å². The third-order valence-electron chi connectivity index (χ3n) is 2.66. The molecule has 0 aliphatic carbocycles. The van der Waals surface area contributed by atoms with Gasteiger partial charge in [-0.05, 0) is 37.3 Å². The molecule has 0 saturated carbocycles. The van der Waals surface area contributed by atoms with Gasteiger partial charge >= 0.3 is 0 Å². The highest BCUT2D eigenvalue weighted by molar-refractivity contribution is 5.92. The molecule has 5 heteroatoms. The molecule has 0 radical (unpaired) electrons. The van der Waals surface area contributed by atoms with Gasteiger partial charge in [-0.2, -0.15) is 5.26 Å². The van der Waals surface area contributed by atoms with Crippen LogP contribution in [0.5, 0.6) is 5.75 Å². The minimum Gasteiger partial charge on any atom is -0.492 e. The van der Waals surface area contributed by atoms with Gasteiger partial charge in [0.15, 0.2) is 0 Å². The zero-order valence-corrected chi connectivity index (χ0v) is 11.2. The van der Waals surface area contributed by atoms with Crippen molar-refractivity contribution < 1.29 is 9.53 Å². The van der Waals surface area contributed by atoms with Gasteiger partial charge in [0.25, 0.3) is 0 Å². The number of rotatable bonds is 5. The largest absolute Gasteiger partial charge is 0.492 e. The van der Waals surface area contributed by atoms with Crippen LogP contribution in [0.15, 0.2) is 42.7 Å². The van der Waals surface area contributed by atoms with Crippen LogP contribution in [0.1, 0.15) is 13.3 Å². The highest BCUT2D eigenvalue weighted by Crippen LogP contribution is 2.27. The Bertz CT molecular complexity index is 627. The van der Waals surface area contributed by atoms with Crippen molar-refractivity contribution in [1.82, 2.24) is 4.57 Å². The molecule has 1 aromatic heterocycles. The van der Waals surface area contributed by atoms with E-state index >= 15 is 0 Å². The van der Waals surface area contributed by atoms with Crippen molar-refractivity contribution in [2.24, 2.45) is 0 Å². The molecule has 0 fully saturated rings. The molecule has 0 aliphatic rings. The SMILES string of the molecule is CCOc1ccc(NC(=O)CC#N)cc1-n1cccc1. The van der Waals surface area contributed by atoms with Crippen LogP contribution >= 0.6 is 0 Å². The first kappa shape index (κ1) is 13.7. The first-order valence-electron chi connectivity index (χ1n) is 6.31. The monoisotopic (exact) mass is 269 g/mol. The molecule has 2 aromatic rings. The number of nitrogens with one attached hydrogen (secondary N) is 1. The van der Waals surface area contributed by atoms with Crippen LogP contribution in [0.2, 0.25) is 0 Å². The zero-order valence-electron chi connectivity index (χ0n) is 11.2. The average molecular weight is 269 g/mol. The molecular weight excluding hydrogens is 254 g/mol. The fourth-order valence-electron chi connectivity index (χ4n) is 1.85. The summed E-state index contributed by atoms with van der Waals surface area (Å²) in [5.41, 5.74) is 1.48. The maximum absolute atomic E-state index is 11.4. The number of carbonyl (C=O) groups excluding carboxylic acids is 1. The highest BCUT2D eigenvalue weighted by atomic mass is 16.5. The van der Waals surface area contributed by atoms with Crippen LogP contribution in [-0.2, 0) is 4.79 Å². The Hall–Kier alpha value is -2.74. The molecule has 0 unspecified atom stereocenters. The van der Waals surface area contributed by atoms with E-state index in [1.54, 1.807) is 12.1 Å². The molecule has 1 aromatic carbocycles. The molecule has 0 atom stereocenters. The zero-order chi connectivity index (χ0) is 14.4. The summed E-state index contributed by atoms with van der Waals surface area (Å²) in [7, 11) is 0. The Morgan fingerprint density at radius 1 is 1.40 bits per heavy atom. The van der Waals surface area contributed by atoms with Crippen molar-refractivity contribution in [1.29, 1.82) is 5.26 Å². The standard InChI is InChI=1S/C15H15N3O2/c1-2-20-14-6-5-12(17-15(19)7-8-16)11-13(14)18-9-3-4-10-18/h3-6,9-11H,2,7H2,1H3,(H,17,19). The van der Waals surface area contributed by atoms with E-state index in [0.717, 1.165) is 11.4 Å². The number of nitriles is 1. The first-order valence-corrected chi connectivity index (χ1v) is 6.31. The van der Waals surface area contributed by atoms with E-state index in [9.17, 15) is 4.79 Å². The topological polar surface area (TPSA) is 67.0 Å². The molecule has 1 amide bonds. The maximum atomic E-state index is 11.4. The molecule has 0 spiro atoms. The molecule has 0 bridgehead atoms. The van der Waals surface area contributed by atoms with Crippen molar-refractivity contribution in [3.05, 3.63) is 42.7 Å². The average Bonchev–Trinajstić information content (AvgIpc) is 2.95. The first-order chi connectivity index (χ1) is 9.74. The molecular formula is C15H15N3O2. The van der Waals surface area contributed by atoms with E-state index < -0.39 is 0 Å². The minimum atomic E-state index is -0.324. The number of amides is 1. The van der Waals surface area contributed by atoms with Crippen molar-refractivity contribution in [2.75, 3.05) is 11.9 Å². The lowest BCUT2D eigenvalue weighted by Gasteiger charge is -2.13. The molecule has 20 heavy (non-hydrogen) atoms. The summed E-state index contributed by atoms with van der Waals surface area (Å²) in [5.74, 6) is 0.414. The predicted octanol–water partition coefficient (Wildman–Crippen LogP) is 2.73. The molecule has 1 N–H and O–H groups in total. The van der Waals surface area contributed by atoms with Crippen molar-refractivity contribution in [2.45, 2.75) is 13.3 Å². The van der Waals surface area contributed by atoms with Crippen molar-refractivity contribution in [3.8, 4) is 17.5 Å². The number of anilines is 1. The second kappa shape index (κ2) is 6.43. The van der Waals surface area contributed by atoms with Crippen LogP contribution in [-0.4, -0.2) is 17.1 Å². The third kappa shape index (κ3) is 3.18. The van der Waals surface area contributed by atoms with Gasteiger partial charge in [-0.1, -0.05) is 0 Å². The van der Waals surface area contributed by atoms with Gasteiger partial charge in [-0.3, -0.25) is 4.79 Å². The third-order valence-corrected chi connectivity index (χ3v) is 2.66. The molecule has 5 nitrogen and oxygen atoms in total. The van der Waals surface area contributed by atoms with E-state index in [1.165, 1.54) is 0 Å². The molecule has 2 rings (SSSR count). The summed E-state index contributed by atoms with van der Waals surface area (Å²) in [4.78, 5) is 11.4. The Labute approximate surface area is 117 Å². The summed E-state index contributed by atoms with van der Waals surface area (Å²) in [6, 6.07) is 11.0. The molecule has 0 saturated heterocycles. The van der Waals surface area contributed by atoms with E-state index in [0.29, 0.717) is 12.3 Å². The highest BCUT2D eigenvalue weighted by Gasteiger charge is 2.08. The fraction of sp³-hybridized carbons (Fsp3) is 0.200. The number of aromatic nitrogens is 1. The lowest BCUT2D eigenvalue weighted by Crippen LogP contribution is -2.10. The Balaban J connectivity index is 2.31. The van der Waals surface area contributed by atoms with Gasteiger partial charge in [0.05, 0.1) is 18.4 Å². The summed E-state index contributed by atoms with van der Waals surface area (Å²) >= 11 is 0. The van der Waals surface area contributed by atoms with Gasteiger partial charge < -0.3 is 14.6 Å². The van der Waals surface area contributed by atoms with Gasteiger partial charge in [0.2, 0.25) is 5.91 Å². The van der Waals surface area contributed by atoms with Crippen LogP contribution < -0.4 is 10.1 Å². The number of hydrogen-bond acceptors (Lipinski definition) is 3. The molecule has 102 valence electrons. The summed E-state index contributed by atoms with van der Waals surface area (Å²) in [6.07, 6.45) is 3.64. The van der Waals surface area contributed by atoms with Crippen molar-refractivity contribution in [3.63, 3.8) is 0 Å². The number of benzene rings is 1. The molecule has 0 aliphatic heterocycles. The summed E-state index contributed by atoms with van der Waals surface area (Å²) in [5, 5.41) is 11.2. The van der Waals surface area contributed by atoms with Crippen LogP contribution in [0.25, 0.3) is 5.69 Å². The van der Waals surface area contributed by atoms with Gasteiger partial charge in [-0.25, -0.2) is 0 Å².